The van der Waals surface area contributed by atoms with Crippen LogP contribution in [0.2, 0.25) is 5.02 Å². The van der Waals surface area contributed by atoms with Gasteiger partial charge in [0.05, 0.1) is 24.8 Å². The van der Waals surface area contributed by atoms with Crippen LogP contribution in [0.4, 0.5) is 0 Å². The van der Waals surface area contributed by atoms with Gasteiger partial charge in [-0.05, 0) is 31.9 Å². The van der Waals surface area contributed by atoms with Gasteiger partial charge in [0.15, 0.2) is 11.5 Å². The summed E-state index contributed by atoms with van der Waals surface area (Å²) in [6.45, 7) is 1.14. The van der Waals surface area contributed by atoms with Crippen LogP contribution < -0.4 is 14.8 Å². The van der Waals surface area contributed by atoms with Crippen molar-refractivity contribution in [2.75, 3.05) is 27.3 Å². The minimum absolute atomic E-state index is 0.436. The van der Waals surface area contributed by atoms with Gasteiger partial charge in [-0.3, -0.25) is 0 Å². The molecule has 1 unspecified atom stereocenters. The first-order valence-electron chi connectivity index (χ1n) is 6.48. The molecule has 0 aromatic heterocycles. The van der Waals surface area contributed by atoms with E-state index >= 15 is 0 Å². The normalized spacial score (nSPS) is 16.2. The summed E-state index contributed by atoms with van der Waals surface area (Å²) in [7, 11) is 3.36. The lowest BCUT2D eigenvalue weighted by Gasteiger charge is -2.16. The second-order valence-corrected chi connectivity index (χ2v) is 5.26. The fourth-order valence-electron chi connectivity index (χ4n) is 1.87. The third-order valence-corrected chi connectivity index (χ3v) is 3.54. The number of hydrogen-bond donors (Lipinski definition) is 2. The van der Waals surface area contributed by atoms with E-state index in [-0.39, 0.29) is 0 Å². The summed E-state index contributed by atoms with van der Waals surface area (Å²) in [5, 5.41) is 13.4. The summed E-state index contributed by atoms with van der Waals surface area (Å²) < 4.78 is 11.0. The van der Waals surface area contributed by atoms with Gasteiger partial charge >= 0.3 is 0 Å². The molecule has 1 fully saturated rings. The van der Waals surface area contributed by atoms with Crippen LogP contribution in [0, 0.1) is 5.92 Å². The number of benzene rings is 1. The summed E-state index contributed by atoms with van der Waals surface area (Å²) >= 11 is 6.20. The van der Waals surface area contributed by atoms with Crippen molar-refractivity contribution in [3.05, 3.63) is 22.7 Å². The van der Waals surface area contributed by atoms with E-state index in [2.05, 4.69) is 5.32 Å². The van der Waals surface area contributed by atoms with Gasteiger partial charge in [-0.25, -0.2) is 0 Å². The van der Waals surface area contributed by atoms with Crippen LogP contribution in [0.5, 0.6) is 11.5 Å². The third-order valence-electron chi connectivity index (χ3n) is 3.21. The molecule has 2 rings (SSSR count). The lowest BCUT2D eigenvalue weighted by atomic mass is 10.1. The number of hydrogen-bond acceptors (Lipinski definition) is 4. The smallest absolute Gasteiger partial charge is 0.162 e. The number of aliphatic hydroxyl groups excluding tert-OH is 1. The zero-order valence-corrected chi connectivity index (χ0v) is 12.0. The molecular formula is C14H20ClNO3. The third kappa shape index (κ3) is 3.75. The number of rotatable bonds is 7. The molecule has 0 saturated heterocycles. The molecule has 1 aliphatic carbocycles. The van der Waals surface area contributed by atoms with E-state index in [0.29, 0.717) is 41.2 Å². The van der Waals surface area contributed by atoms with E-state index in [9.17, 15) is 5.11 Å². The Morgan fingerprint density at radius 3 is 2.74 bits per heavy atom. The minimum atomic E-state index is -0.663. The van der Waals surface area contributed by atoms with Crippen molar-refractivity contribution in [1.82, 2.24) is 5.32 Å². The Hall–Kier alpha value is -0.970. The molecule has 0 bridgehead atoms. The van der Waals surface area contributed by atoms with E-state index < -0.39 is 6.10 Å². The highest BCUT2D eigenvalue weighted by Crippen LogP contribution is 2.37. The Labute approximate surface area is 118 Å². The Morgan fingerprint density at radius 1 is 1.42 bits per heavy atom. The largest absolute Gasteiger partial charge is 0.493 e. The maximum Gasteiger partial charge on any atom is 0.162 e. The maximum absolute atomic E-state index is 10.00. The first-order valence-corrected chi connectivity index (χ1v) is 6.86. The molecule has 1 aliphatic rings. The molecule has 106 valence electrons. The number of halogens is 1. The van der Waals surface area contributed by atoms with Crippen LogP contribution >= 0.6 is 11.6 Å². The number of aliphatic hydroxyl groups is 1. The number of methoxy groups -OCH3 is 1. The highest BCUT2D eigenvalue weighted by molar-refractivity contribution is 6.31. The van der Waals surface area contributed by atoms with E-state index in [1.807, 2.05) is 0 Å². The topological polar surface area (TPSA) is 50.7 Å². The zero-order chi connectivity index (χ0) is 13.8. The summed E-state index contributed by atoms with van der Waals surface area (Å²) in [5.41, 5.74) is 0.645. The van der Waals surface area contributed by atoms with Crippen LogP contribution in [-0.4, -0.2) is 32.4 Å². The molecular weight excluding hydrogens is 266 g/mol. The van der Waals surface area contributed by atoms with Crippen LogP contribution in [0.15, 0.2) is 12.1 Å². The molecule has 0 aliphatic heterocycles. The average Bonchev–Trinajstić information content (AvgIpc) is 3.20. The monoisotopic (exact) mass is 285 g/mol. The highest BCUT2D eigenvalue weighted by atomic mass is 35.5. The molecule has 1 atom stereocenters. The maximum atomic E-state index is 10.00. The predicted molar refractivity (Wildman–Crippen MR) is 75.1 cm³/mol. The van der Waals surface area contributed by atoms with E-state index in [4.69, 9.17) is 21.1 Å². The van der Waals surface area contributed by atoms with Gasteiger partial charge in [-0.2, -0.15) is 0 Å². The molecule has 0 radical (unpaired) electrons. The second kappa shape index (κ2) is 6.46. The fourth-order valence-corrected chi connectivity index (χ4v) is 2.15. The Morgan fingerprint density at radius 2 is 2.16 bits per heavy atom. The summed E-state index contributed by atoms with van der Waals surface area (Å²) in [4.78, 5) is 0. The Balaban J connectivity index is 2.17. The van der Waals surface area contributed by atoms with Crippen LogP contribution in [0.3, 0.4) is 0 Å². The van der Waals surface area contributed by atoms with Gasteiger partial charge in [-0.1, -0.05) is 11.6 Å². The predicted octanol–water partition coefficient (Wildman–Crippen LogP) is 2.39. The molecule has 19 heavy (non-hydrogen) atoms. The highest BCUT2D eigenvalue weighted by Gasteiger charge is 2.23. The lowest BCUT2D eigenvalue weighted by molar-refractivity contribution is 0.177. The number of likely N-dealkylation sites (N-methyl/N-ethyl adjacent to an activating group) is 1. The van der Waals surface area contributed by atoms with Crippen molar-refractivity contribution in [3.63, 3.8) is 0 Å². The standard InChI is InChI=1S/C14H20ClNO3/c1-16-7-12(17)10-5-13(18-2)14(6-11(10)15)19-8-9-3-4-9/h5-6,9,12,16-17H,3-4,7-8H2,1-2H3. The summed E-state index contributed by atoms with van der Waals surface area (Å²) in [5.74, 6) is 1.91. The molecule has 0 spiro atoms. The van der Waals surface area contributed by atoms with E-state index in [1.54, 1.807) is 26.3 Å². The lowest BCUT2D eigenvalue weighted by Crippen LogP contribution is -2.17. The number of ether oxygens (including phenoxy) is 2. The molecule has 1 aromatic rings. The molecule has 2 N–H and O–H groups in total. The first-order chi connectivity index (χ1) is 9.15. The first kappa shape index (κ1) is 14.4. The van der Waals surface area contributed by atoms with Crippen molar-refractivity contribution < 1.29 is 14.6 Å². The fraction of sp³-hybridized carbons (Fsp3) is 0.571. The van der Waals surface area contributed by atoms with E-state index in [1.165, 1.54) is 12.8 Å². The summed E-state index contributed by atoms with van der Waals surface area (Å²) in [6.07, 6.45) is 1.80. The Bertz CT molecular complexity index is 435. The molecule has 1 saturated carbocycles. The van der Waals surface area contributed by atoms with Crippen LogP contribution in [-0.2, 0) is 0 Å². The molecule has 0 amide bonds. The van der Waals surface area contributed by atoms with Crippen LogP contribution in [0.25, 0.3) is 0 Å². The van der Waals surface area contributed by atoms with Crippen molar-refractivity contribution in [2.24, 2.45) is 5.92 Å². The summed E-state index contributed by atoms with van der Waals surface area (Å²) in [6, 6.07) is 3.46. The van der Waals surface area contributed by atoms with Crippen molar-refractivity contribution in [1.29, 1.82) is 0 Å². The van der Waals surface area contributed by atoms with Gasteiger partial charge < -0.3 is 19.9 Å². The quantitative estimate of drug-likeness (QED) is 0.808. The van der Waals surface area contributed by atoms with Crippen molar-refractivity contribution in [2.45, 2.75) is 18.9 Å². The Kier molecular flexibility index (Phi) is 4.91. The van der Waals surface area contributed by atoms with Crippen LogP contribution in [0.1, 0.15) is 24.5 Å². The van der Waals surface area contributed by atoms with Gasteiger partial charge in [0.2, 0.25) is 0 Å². The molecule has 0 heterocycles. The van der Waals surface area contributed by atoms with Gasteiger partial charge in [0.1, 0.15) is 0 Å². The minimum Gasteiger partial charge on any atom is -0.493 e. The molecule has 4 nitrogen and oxygen atoms in total. The van der Waals surface area contributed by atoms with Crippen molar-refractivity contribution >= 4 is 11.6 Å². The van der Waals surface area contributed by atoms with Gasteiger partial charge in [-0.15, -0.1) is 0 Å². The van der Waals surface area contributed by atoms with Gasteiger partial charge in [0.25, 0.3) is 0 Å². The molecule has 1 aromatic carbocycles. The van der Waals surface area contributed by atoms with Crippen molar-refractivity contribution in [3.8, 4) is 11.5 Å². The SMILES string of the molecule is CNCC(O)c1cc(OC)c(OCC2CC2)cc1Cl. The number of nitrogens with one attached hydrogen (secondary N) is 1. The second-order valence-electron chi connectivity index (χ2n) is 4.85. The van der Waals surface area contributed by atoms with E-state index in [0.717, 1.165) is 0 Å². The zero-order valence-electron chi connectivity index (χ0n) is 11.3. The molecule has 5 heteroatoms. The average molecular weight is 286 g/mol. The van der Waals surface area contributed by atoms with Gasteiger partial charge in [0, 0.05) is 18.2 Å².